The first kappa shape index (κ1) is 12.3. The molecule has 0 heterocycles. The molecule has 0 spiro atoms. The smallest absolute Gasteiger partial charge is 0.0776 e. The predicted molar refractivity (Wildman–Crippen MR) is 65.6 cm³/mol. The lowest BCUT2D eigenvalue weighted by Crippen LogP contribution is -2.25. The number of rotatable bonds is 3. The van der Waals surface area contributed by atoms with Gasteiger partial charge in [0, 0.05) is 23.8 Å². The molecule has 0 radical (unpaired) electrons. The lowest BCUT2D eigenvalue weighted by Gasteiger charge is -2.24. The van der Waals surface area contributed by atoms with Crippen molar-refractivity contribution >= 4 is 17.3 Å². The van der Waals surface area contributed by atoms with Gasteiger partial charge >= 0.3 is 0 Å². The second-order valence-electron chi connectivity index (χ2n) is 4.09. The number of aliphatic hydroxyl groups is 1. The average molecular weight is 228 g/mol. The number of halogens is 1. The van der Waals surface area contributed by atoms with E-state index in [1.165, 1.54) is 0 Å². The number of hydrogen-bond acceptors (Lipinski definition) is 2. The molecule has 15 heavy (non-hydrogen) atoms. The molecule has 1 aromatic carbocycles. The van der Waals surface area contributed by atoms with Crippen LogP contribution < -0.4 is 4.90 Å². The van der Waals surface area contributed by atoms with Crippen molar-refractivity contribution in [3.05, 3.63) is 28.8 Å². The Kier molecular flexibility index (Phi) is 4.00. The van der Waals surface area contributed by atoms with E-state index in [1.807, 2.05) is 25.2 Å². The zero-order chi connectivity index (χ0) is 11.6. The van der Waals surface area contributed by atoms with Gasteiger partial charge in [0.2, 0.25) is 0 Å². The fourth-order valence-electron chi connectivity index (χ4n) is 1.37. The van der Waals surface area contributed by atoms with Crippen molar-refractivity contribution in [2.75, 3.05) is 11.9 Å². The van der Waals surface area contributed by atoms with E-state index in [-0.39, 0.29) is 0 Å². The van der Waals surface area contributed by atoms with Gasteiger partial charge < -0.3 is 10.0 Å². The van der Waals surface area contributed by atoms with Crippen LogP contribution in [0, 0.1) is 0 Å². The van der Waals surface area contributed by atoms with E-state index in [0.717, 1.165) is 11.3 Å². The van der Waals surface area contributed by atoms with Crippen molar-refractivity contribution in [2.45, 2.75) is 32.9 Å². The number of anilines is 1. The molecule has 1 atom stereocenters. The minimum absolute atomic E-state index is 0.429. The topological polar surface area (TPSA) is 23.5 Å². The minimum Gasteiger partial charge on any atom is -0.389 e. The van der Waals surface area contributed by atoms with E-state index < -0.39 is 6.10 Å². The Bertz CT molecular complexity index is 336. The zero-order valence-corrected chi connectivity index (χ0v) is 10.4. The van der Waals surface area contributed by atoms with Gasteiger partial charge in [0.05, 0.1) is 6.10 Å². The van der Waals surface area contributed by atoms with Gasteiger partial charge in [-0.25, -0.2) is 0 Å². The molecular weight excluding hydrogens is 210 g/mol. The highest BCUT2D eigenvalue weighted by atomic mass is 35.5. The minimum atomic E-state index is -0.518. The maximum Gasteiger partial charge on any atom is 0.0776 e. The maximum atomic E-state index is 9.45. The Hall–Kier alpha value is -0.730. The molecule has 1 rings (SSSR count). The first-order valence-electron chi connectivity index (χ1n) is 5.13. The summed E-state index contributed by atoms with van der Waals surface area (Å²) in [4.78, 5) is 2.14. The standard InChI is InChI=1S/C12H18ClNO/c1-8(2)14(4)10-5-6-11(9(3)15)12(13)7-10/h5-9,15H,1-4H3. The summed E-state index contributed by atoms with van der Waals surface area (Å²) in [5.74, 6) is 0. The second-order valence-corrected chi connectivity index (χ2v) is 4.49. The fourth-order valence-corrected chi connectivity index (χ4v) is 1.71. The van der Waals surface area contributed by atoms with Gasteiger partial charge in [-0.3, -0.25) is 0 Å². The highest BCUT2D eigenvalue weighted by Crippen LogP contribution is 2.27. The number of aliphatic hydroxyl groups excluding tert-OH is 1. The van der Waals surface area contributed by atoms with Crippen LogP contribution in [0.25, 0.3) is 0 Å². The van der Waals surface area contributed by atoms with Crippen LogP contribution >= 0.6 is 11.6 Å². The van der Waals surface area contributed by atoms with Crippen LogP contribution in [0.4, 0.5) is 5.69 Å². The first-order valence-corrected chi connectivity index (χ1v) is 5.51. The second kappa shape index (κ2) is 4.86. The SMILES string of the molecule is CC(O)c1ccc(N(C)C(C)C)cc1Cl. The summed E-state index contributed by atoms with van der Waals surface area (Å²) in [6.45, 7) is 5.96. The van der Waals surface area contributed by atoms with E-state index in [2.05, 4.69) is 18.7 Å². The van der Waals surface area contributed by atoms with Crippen molar-refractivity contribution < 1.29 is 5.11 Å². The van der Waals surface area contributed by atoms with Gasteiger partial charge in [-0.15, -0.1) is 0 Å². The summed E-state index contributed by atoms with van der Waals surface area (Å²) in [6.07, 6.45) is -0.518. The Morgan fingerprint density at radius 1 is 1.27 bits per heavy atom. The quantitative estimate of drug-likeness (QED) is 0.857. The van der Waals surface area contributed by atoms with Crippen LogP contribution in [-0.2, 0) is 0 Å². The van der Waals surface area contributed by atoms with Gasteiger partial charge in [-0.05, 0) is 38.5 Å². The van der Waals surface area contributed by atoms with Crippen LogP contribution in [0.5, 0.6) is 0 Å². The maximum absolute atomic E-state index is 9.45. The molecule has 0 aromatic heterocycles. The summed E-state index contributed by atoms with van der Waals surface area (Å²) in [6, 6.07) is 6.18. The molecule has 0 aliphatic rings. The van der Waals surface area contributed by atoms with Crippen LogP contribution in [0.2, 0.25) is 5.02 Å². The van der Waals surface area contributed by atoms with E-state index >= 15 is 0 Å². The average Bonchev–Trinajstić information content (AvgIpc) is 2.15. The van der Waals surface area contributed by atoms with Crippen molar-refractivity contribution in [1.82, 2.24) is 0 Å². The predicted octanol–water partition coefficient (Wildman–Crippen LogP) is 3.24. The van der Waals surface area contributed by atoms with Gasteiger partial charge in [-0.2, -0.15) is 0 Å². The van der Waals surface area contributed by atoms with Crippen molar-refractivity contribution in [2.24, 2.45) is 0 Å². The van der Waals surface area contributed by atoms with Crippen LogP contribution in [0.3, 0.4) is 0 Å². The Balaban J connectivity index is 3.01. The van der Waals surface area contributed by atoms with Gasteiger partial charge in [0.15, 0.2) is 0 Å². The highest BCUT2D eigenvalue weighted by Gasteiger charge is 2.10. The molecule has 2 nitrogen and oxygen atoms in total. The fraction of sp³-hybridized carbons (Fsp3) is 0.500. The molecule has 0 amide bonds. The molecule has 1 N–H and O–H groups in total. The molecule has 0 bridgehead atoms. The van der Waals surface area contributed by atoms with Crippen molar-refractivity contribution in [3.63, 3.8) is 0 Å². The molecule has 1 unspecified atom stereocenters. The monoisotopic (exact) mass is 227 g/mol. The third kappa shape index (κ3) is 2.86. The summed E-state index contributed by atoms with van der Waals surface area (Å²) in [7, 11) is 2.03. The Morgan fingerprint density at radius 2 is 1.87 bits per heavy atom. The molecule has 0 saturated carbocycles. The van der Waals surface area contributed by atoms with Gasteiger partial charge in [0.25, 0.3) is 0 Å². The summed E-state index contributed by atoms with van der Waals surface area (Å²) < 4.78 is 0. The van der Waals surface area contributed by atoms with Crippen molar-refractivity contribution in [3.8, 4) is 0 Å². The Labute approximate surface area is 96.5 Å². The number of hydrogen-bond donors (Lipinski definition) is 1. The molecule has 1 aromatic rings. The van der Waals surface area contributed by atoms with Crippen LogP contribution in [-0.4, -0.2) is 18.2 Å². The number of benzene rings is 1. The third-order valence-corrected chi connectivity index (χ3v) is 2.94. The highest BCUT2D eigenvalue weighted by molar-refractivity contribution is 6.31. The summed E-state index contributed by atoms with van der Waals surface area (Å²) >= 11 is 6.09. The van der Waals surface area contributed by atoms with E-state index in [1.54, 1.807) is 6.92 Å². The van der Waals surface area contributed by atoms with Crippen molar-refractivity contribution in [1.29, 1.82) is 0 Å². The molecule has 0 fully saturated rings. The van der Waals surface area contributed by atoms with Crippen LogP contribution in [0.1, 0.15) is 32.4 Å². The lowest BCUT2D eigenvalue weighted by atomic mass is 10.1. The van der Waals surface area contributed by atoms with Crippen LogP contribution in [0.15, 0.2) is 18.2 Å². The Morgan fingerprint density at radius 3 is 2.27 bits per heavy atom. The molecule has 0 aliphatic heterocycles. The molecule has 3 heteroatoms. The van der Waals surface area contributed by atoms with Gasteiger partial charge in [-0.1, -0.05) is 17.7 Å². The number of nitrogens with zero attached hydrogens (tertiary/aromatic N) is 1. The summed E-state index contributed by atoms with van der Waals surface area (Å²) in [5, 5.41) is 10.1. The van der Waals surface area contributed by atoms with E-state index in [0.29, 0.717) is 11.1 Å². The normalized spacial score (nSPS) is 13.0. The molecular formula is C12H18ClNO. The molecule has 0 aliphatic carbocycles. The zero-order valence-electron chi connectivity index (χ0n) is 9.66. The van der Waals surface area contributed by atoms with E-state index in [4.69, 9.17) is 11.6 Å². The largest absolute Gasteiger partial charge is 0.389 e. The lowest BCUT2D eigenvalue weighted by molar-refractivity contribution is 0.199. The third-order valence-electron chi connectivity index (χ3n) is 2.62. The molecule has 84 valence electrons. The summed E-state index contributed by atoms with van der Waals surface area (Å²) in [5.41, 5.74) is 1.84. The first-order chi connectivity index (χ1) is 6.93. The molecule has 0 saturated heterocycles. The van der Waals surface area contributed by atoms with Gasteiger partial charge in [0.1, 0.15) is 0 Å². The van der Waals surface area contributed by atoms with E-state index in [9.17, 15) is 5.11 Å².